The number of aryl methyl sites for hydroxylation is 2. The molecular formula is C13H17NO. The molecule has 0 heterocycles. The topological polar surface area (TPSA) is 46.2 Å². The normalized spacial score (nSPS) is 33.6. The molecule has 1 saturated carbocycles. The van der Waals surface area contributed by atoms with Crippen molar-refractivity contribution in [1.29, 1.82) is 0 Å². The molecule has 0 aromatic heterocycles. The van der Waals surface area contributed by atoms with Gasteiger partial charge in [0.15, 0.2) is 0 Å². The predicted octanol–water partition coefficient (Wildman–Crippen LogP) is 1.48. The van der Waals surface area contributed by atoms with E-state index in [4.69, 9.17) is 5.73 Å². The van der Waals surface area contributed by atoms with Gasteiger partial charge in [0, 0.05) is 5.54 Å². The lowest BCUT2D eigenvalue weighted by molar-refractivity contribution is 0.0209. The summed E-state index contributed by atoms with van der Waals surface area (Å²) in [4.78, 5) is 0. The van der Waals surface area contributed by atoms with Gasteiger partial charge in [-0.05, 0) is 48.8 Å². The molecule has 15 heavy (non-hydrogen) atoms. The first-order valence-corrected chi connectivity index (χ1v) is 5.77. The maximum Gasteiger partial charge on any atom is 0.0582 e. The average Bonchev–Trinajstić information content (AvgIpc) is 2.61. The maximum atomic E-state index is 9.36. The molecule has 1 aromatic rings. The van der Waals surface area contributed by atoms with Crippen LogP contribution < -0.4 is 5.73 Å². The van der Waals surface area contributed by atoms with Gasteiger partial charge in [-0.1, -0.05) is 18.2 Å². The smallest absolute Gasteiger partial charge is 0.0582 e. The highest BCUT2D eigenvalue weighted by molar-refractivity contribution is 5.39. The van der Waals surface area contributed by atoms with Gasteiger partial charge in [-0.3, -0.25) is 0 Å². The fourth-order valence-electron chi connectivity index (χ4n) is 2.90. The van der Waals surface area contributed by atoms with Gasteiger partial charge in [-0.2, -0.15) is 0 Å². The van der Waals surface area contributed by atoms with Crippen LogP contribution in [0, 0.1) is 0 Å². The van der Waals surface area contributed by atoms with Crippen LogP contribution in [0.25, 0.3) is 0 Å². The number of aliphatic hydroxyl groups is 1. The van der Waals surface area contributed by atoms with Gasteiger partial charge < -0.3 is 10.8 Å². The van der Waals surface area contributed by atoms with Crippen molar-refractivity contribution in [2.45, 2.75) is 43.7 Å². The first kappa shape index (κ1) is 9.37. The van der Waals surface area contributed by atoms with E-state index in [9.17, 15) is 5.11 Å². The highest BCUT2D eigenvalue weighted by Gasteiger charge is 2.41. The Bertz CT molecular complexity index is 394. The zero-order chi connectivity index (χ0) is 10.5. The number of nitrogens with two attached hydrogens (primary N) is 1. The summed E-state index contributed by atoms with van der Waals surface area (Å²) in [6.07, 6.45) is 4.93. The van der Waals surface area contributed by atoms with E-state index in [1.807, 2.05) is 0 Å². The molecule has 0 aliphatic heterocycles. The van der Waals surface area contributed by atoms with Crippen molar-refractivity contribution < 1.29 is 5.11 Å². The molecular weight excluding hydrogens is 186 g/mol. The molecule has 2 nitrogen and oxygen atoms in total. The van der Waals surface area contributed by atoms with Gasteiger partial charge in [-0.25, -0.2) is 0 Å². The summed E-state index contributed by atoms with van der Waals surface area (Å²) in [5, 5.41) is 9.36. The maximum absolute atomic E-state index is 9.36. The summed E-state index contributed by atoms with van der Waals surface area (Å²) in [5.41, 5.74) is 10.2. The quantitative estimate of drug-likeness (QED) is 0.726. The minimum Gasteiger partial charge on any atom is -0.393 e. The van der Waals surface area contributed by atoms with Crippen LogP contribution >= 0.6 is 0 Å². The van der Waals surface area contributed by atoms with Crippen molar-refractivity contribution in [2.75, 3.05) is 0 Å². The standard InChI is InChI=1S/C13H17NO/c14-13(7-12(15)8-13)11-5-4-9-2-1-3-10(9)6-11/h4-6,12,15H,1-3,7-8,14H2. The van der Waals surface area contributed by atoms with Crippen LogP contribution in [0.1, 0.15) is 36.0 Å². The van der Waals surface area contributed by atoms with E-state index in [-0.39, 0.29) is 11.6 Å². The van der Waals surface area contributed by atoms with Crippen LogP contribution in [-0.4, -0.2) is 11.2 Å². The summed E-state index contributed by atoms with van der Waals surface area (Å²) in [6, 6.07) is 6.63. The Hall–Kier alpha value is -0.860. The van der Waals surface area contributed by atoms with E-state index < -0.39 is 0 Å². The summed E-state index contributed by atoms with van der Waals surface area (Å²) >= 11 is 0. The van der Waals surface area contributed by atoms with E-state index in [2.05, 4.69) is 18.2 Å². The van der Waals surface area contributed by atoms with E-state index in [0.717, 1.165) is 0 Å². The number of aliphatic hydroxyl groups excluding tert-OH is 1. The summed E-state index contributed by atoms with van der Waals surface area (Å²) in [6.45, 7) is 0. The van der Waals surface area contributed by atoms with E-state index in [1.54, 1.807) is 0 Å². The van der Waals surface area contributed by atoms with Crippen LogP contribution in [-0.2, 0) is 18.4 Å². The van der Waals surface area contributed by atoms with Gasteiger partial charge in [0.2, 0.25) is 0 Å². The Kier molecular flexibility index (Phi) is 1.91. The summed E-state index contributed by atoms with van der Waals surface area (Å²) in [5.74, 6) is 0. The third kappa shape index (κ3) is 1.40. The monoisotopic (exact) mass is 203 g/mol. The zero-order valence-corrected chi connectivity index (χ0v) is 8.87. The first-order valence-electron chi connectivity index (χ1n) is 5.77. The van der Waals surface area contributed by atoms with Gasteiger partial charge in [-0.15, -0.1) is 0 Å². The van der Waals surface area contributed by atoms with Crippen molar-refractivity contribution >= 4 is 0 Å². The van der Waals surface area contributed by atoms with Crippen LogP contribution in [0.5, 0.6) is 0 Å². The molecule has 2 aliphatic carbocycles. The number of benzene rings is 1. The average molecular weight is 203 g/mol. The number of hydrogen-bond acceptors (Lipinski definition) is 2. The Balaban J connectivity index is 1.93. The molecule has 0 atom stereocenters. The van der Waals surface area contributed by atoms with Crippen molar-refractivity contribution in [1.82, 2.24) is 0 Å². The Morgan fingerprint density at radius 1 is 1.20 bits per heavy atom. The zero-order valence-electron chi connectivity index (χ0n) is 8.87. The molecule has 0 spiro atoms. The molecule has 0 bridgehead atoms. The van der Waals surface area contributed by atoms with Gasteiger partial charge in [0.1, 0.15) is 0 Å². The second-order valence-electron chi connectivity index (χ2n) is 5.06. The summed E-state index contributed by atoms with van der Waals surface area (Å²) < 4.78 is 0. The fraction of sp³-hybridized carbons (Fsp3) is 0.538. The minimum absolute atomic E-state index is 0.191. The molecule has 3 N–H and O–H groups in total. The SMILES string of the molecule is NC1(c2ccc3c(c2)CCC3)CC(O)C1. The molecule has 1 aromatic carbocycles. The lowest BCUT2D eigenvalue weighted by atomic mass is 9.70. The van der Waals surface area contributed by atoms with E-state index in [0.29, 0.717) is 12.8 Å². The first-order chi connectivity index (χ1) is 7.17. The lowest BCUT2D eigenvalue weighted by Gasteiger charge is -2.42. The van der Waals surface area contributed by atoms with Crippen LogP contribution in [0.4, 0.5) is 0 Å². The minimum atomic E-state index is -0.253. The molecule has 0 radical (unpaired) electrons. The Morgan fingerprint density at radius 3 is 2.67 bits per heavy atom. The molecule has 0 unspecified atom stereocenters. The third-order valence-electron chi connectivity index (χ3n) is 3.87. The molecule has 0 saturated heterocycles. The van der Waals surface area contributed by atoms with Crippen molar-refractivity contribution in [2.24, 2.45) is 5.73 Å². The van der Waals surface area contributed by atoms with Crippen molar-refractivity contribution in [3.63, 3.8) is 0 Å². The molecule has 3 rings (SSSR count). The molecule has 2 aliphatic rings. The summed E-state index contributed by atoms with van der Waals surface area (Å²) in [7, 11) is 0. The molecule has 2 heteroatoms. The fourth-order valence-corrected chi connectivity index (χ4v) is 2.90. The van der Waals surface area contributed by atoms with Gasteiger partial charge in [0.25, 0.3) is 0 Å². The van der Waals surface area contributed by atoms with Crippen LogP contribution in [0.3, 0.4) is 0 Å². The number of hydrogen-bond donors (Lipinski definition) is 2. The number of fused-ring (bicyclic) bond motifs is 1. The number of rotatable bonds is 1. The van der Waals surface area contributed by atoms with E-state index in [1.165, 1.54) is 36.0 Å². The van der Waals surface area contributed by atoms with Crippen molar-refractivity contribution in [3.8, 4) is 0 Å². The molecule has 80 valence electrons. The Labute approximate surface area is 90.1 Å². The highest BCUT2D eigenvalue weighted by atomic mass is 16.3. The largest absolute Gasteiger partial charge is 0.393 e. The predicted molar refractivity (Wildman–Crippen MR) is 59.6 cm³/mol. The lowest BCUT2D eigenvalue weighted by Crippen LogP contribution is -2.51. The van der Waals surface area contributed by atoms with Crippen LogP contribution in [0.2, 0.25) is 0 Å². The van der Waals surface area contributed by atoms with Crippen molar-refractivity contribution in [3.05, 3.63) is 34.9 Å². The van der Waals surface area contributed by atoms with Gasteiger partial charge >= 0.3 is 0 Å². The highest BCUT2D eigenvalue weighted by Crippen LogP contribution is 2.40. The second-order valence-corrected chi connectivity index (χ2v) is 5.06. The van der Waals surface area contributed by atoms with E-state index >= 15 is 0 Å². The molecule has 0 amide bonds. The van der Waals surface area contributed by atoms with Crippen LogP contribution in [0.15, 0.2) is 18.2 Å². The van der Waals surface area contributed by atoms with Gasteiger partial charge in [0.05, 0.1) is 6.10 Å². The molecule has 1 fully saturated rings. The Morgan fingerprint density at radius 2 is 1.93 bits per heavy atom. The third-order valence-corrected chi connectivity index (χ3v) is 3.87. The second kappa shape index (κ2) is 3.06.